The summed E-state index contributed by atoms with van der Waals surface area (Å²) in [7, 11) is 0. The number of benzene rings is 2. The summed E-state index contributed by atoms with van der Waals surface area (Å²) in [5.41, 5.74) is 2.81. The van der Waals surface area contributed by atoms with E-state index in [1.807, 2.05) is 19.9 Å². The van der Waals surface area contributed by atoms with Crippen LogP contribution < -0.4 is 10.1 Å². The van der Waals surface area contributed by atoms with Crippen LogP contribution in [0, 0.1) is 30.9 Å². The third-order valence-electron chi connectivity index (χ3n) is 3.62. The van der Waals surface area contributed by atoms with Crippen LogP contribution in [0.25, 0.3) is 0 Å². The normalized spacial score (nSPS) is 10.2. The van der Waals surface area contributed by atoms with Gasteiger partial charge in [-0.25, -0.2) is 4.79 Å². The summed E-state index contributed by atoms with van der Waals surface area (Å²) in [6.45, 7) is 4.68. The number of carbonyl (C=O) groups is 2. The largest absolute Gasteiger partial charge is 0.482 e. The van der Waals surface area contributed by atoms with E-state index in [0.717, 1.165) is 11.1 Å². The van der Waals surface area contributed by atoms with Gasteiger partial charge in [0.05, 0.1) is 10.6 Å². The summed E-state index contributed by atoms with van der Waals surface area (Å²) < 4.78 is 10.2. The van der Waals surface area contributed by atoms with E-state index in [1.165, 1.54) is 18.2 Å². The highest BCUT2D eigenvalue weighted by Gasteiger charge is 2.13. The number of esters is 1. The van der Waals surface area contributed by atoms with E-state index in [1.54, 1.807) is 19.1 Å². The SMILES string of the molecule is Cc1cc(C)cc(OCC(=O)OCC(=O)Nc2cc([N+](=O)[O-])ccc2C)c1. The minimum Gasteiger partial charge on any atom is -0.482 e. The van der Waals surface area contributed by atoms with Gasteiger partial charge in [0.1, 0.15) is 5.75 Å². The van der Waals surface area contributed by atoms with E-state index < -0.39 is 23.4 Å². The Morgan fingerprint density at radius 2 is 1.70 bits per heavy atom. The Morgan fingerprint density at radius 1 is 1.04 bits per heavy atom. The van der Waals surface area contributed by atoms with Crippen LogP contribution >= 0.6 is 0 Å². The number of rotatable bonds is 7. The molecule has 142 valence electrons. The first-order valence-corrected chi connectivity index (χ1v) is 8.16. The number of aryl methyl sites for hydroxylation is 3. The molecule has 8 nitrogen and oxygen atoms in total. The molecule has 8 heteroatoms. The molecule has 0 unspecified atom stereocenters. The van der Waals surface area contributed by atoms with Gasteiger partial charge in [-0.15, -0.1) is 0 Å². The number of nitrogens with zero attached hydrogens (tertiary/aromatic N) is 1. The Morgan fingerprint density at radius 3 is 2.33 bits per heavy atom. The number of nitro groups is 1. The molecule has 0 heterocycles. The molecule has 0 aliphatic carbocycles. The number of amides is 1. The van der Waals surface area contributed by atoms with Crippen molar-refractivity contribution in [1.82, 2.24) is 0 Å². The second-order valence-corrected chi connectivity index (χ2v) is 6.08. The van der Waals surface area contributed by atoms with E-state index in [0.29, 0.717) is 11.3 Å². The van der Waals surface area contributed by atoms with E-state index in [4.69, 9.17) is 9.47 Å². The highest BCUT2D eigenvalue weighted by atomic mass is 16.6. The number of hydrogen-bond donors (Lipinski definition) is 1. The fourth-order valence-electron chi connectivity index (χ4n) is 2.39. The van der Waals surface area contributed by atoms with Crippen LogP contribution in [-0.2, 0) is 14.3 Å². The van der Waals surface area contributed by atoms with Gasteiger partial charge in [-0.1, -0.05) is 12.1 Å². The van der Waals surface area contributed by atoms with Crippen molar-refractivity contribution in [2.45, 2.75) is 20.8 Å². The Bertz CT molecular complexity index is 858. The molecule has 0 saturated heterocycles. The predicted molar refractivity (Wildman–Crippen MR) is 98.8 cm³/mol. The number of nitrogens with one attached hydrogen (secondary N) is 1. The minimum absolute atomic E-state index is 0.144. The quantitative estimate of drug-likeness (QED) is 0.455. The number of anilines is 1. The van der Waals surface area contributed by atoms with Crippen molar-refractivity contribution in [3.63, 3.8) is 0 Å². The van der Waals surface area contributed by atoms with Crippen LogP contribution in [0.2, 0.25) is 0 Å². The zero-order valence-electron chi connectivity index (χ0n) is 15.3. The van der Waals surface area contributed by atoms with Gasteiger partial charge in [0.15, 0.2) is 13.2 Å². The van der Waals surface area contributed by atoms with Crippen molar-refractivity contribution < 1.29 is 24.0 Å². The van der Waals surface area contributed by atoms with Crippen LogP contribution in [-0.4, -0.2) is 30.0 Å². The van der Waals surface area contributed by atoms with Gasteiger partial charge < -0.3 is 14.8 Å². The molecule has 0 saturated carbocycles. The number of non-ortho nitro benzene ring substituents is 1. The van der Waals surface area contributed by atoms with Crippen molar-refractivity contribution in [2.24, 2.45) is 0 Å². The van der Waals surface area contributed by atoms with Crippen molar-refractivity contribution in [1.29, 1.82) is 0 Å². The summed E-state index contributed by atoms with van der Waals surface area (Å²) >= 11 is 0. The molecular formula is C19H20N2O6. The summed E-state index contributed by atoms with van der Waals surface area (Å²) in [6.07, 6.45) is 0. The average Bonchev–Trinajstić information content (AvgIpc) is 2.59. The summed E-state index contributed by atoms with van der Waals surface area (Å²) in [6, 6.07) is 9.67. The van der Waals surface area contributed by atoms with Gasteiger partial charge in [0.25, 0.3) is 11.6 Å². The lowest BCUT2D eigenvalue weighted by Crippen LogP contribution is -2.24. The second-order valence-electron chi connectivity index (χ2n) is 6.08. The number of hydrogen-bond acceptors (Lipinski definition) is 6. The standard InChI is InChI=1S/C19H20N2O6/c1-12-6-13(2)8-16(7-12)26-11-19(23)27-10-18(22)20-17-9-15(21(24)25)5-4-14(17)3/h4-9H,10-11H2,1-3H3,(H,20,22). The zero-order chi connectivity index (χ0) is 20.0. The van der Waals surface area contributed by atoms with E-state index in [-0.39, 0.29) is 18.0 Å². The van der Waals surface area contributed by atoms with Gasteiger partial charge in [-0.2, -0.15) is 0 Å². The average molecular weight is 372 g/mol. The minimum atomic E-state index is -0.694. The van der Waals surface area contributed by atoms with Gasteiger partial charge >= 0.3 is 5.97 Å². The molecule has 0 aliphatic rings. The van der Waals surface area contributed by atoms with Crippen LogP contribution in [0.3, 0.4) is 0 Å². The third-order valence-corrected chi connectivity index (χ3v) is 3.62. The van der Waals surface area contributed by atoms with Crippen LogP contribution in [0.4, 0.5) is 11.4 Å². The van der Waals surface area contributed by atoms with Gasteiger partial charge in [0.2, 0.25) is 0 Å². The molecule has 0 aromatic heterocycles. The molecule has 1 N–H and O–H groups in total. The van der Waals surface area contributed by atoms with Gasteiger partial charge in [0, 0.05) is 12.1 Å². The summed E-state index contributed by atoms with van der Waals surface area (Å²) in [5, 5.41) is 13.3. The monoisotopic (exact) mass is 372 g/mol. The first-order valence-electron chi connectivity index (χ1n) is 8.16. The molecule has 0 fully saturated rings. The van der Waals surface area contributed by atoms with Gasteiger partial charge in [-0.05, 0) is 49.6 Å². The number of nitro benzene ring substituents is 1. The highest BCUT2D eigenvalue weighted by Crippen LogP contribution is 2.21. The third kappa shape index (κ3) is 6.10. The molecular weight excluding hydrogens is 352 g/mol. The zero-order valence-corrected chi connectivity index (χ0v) is 15.3. The summed E-state index contributed by atoms with van der Waals surface area (Å²) in [5.74, 6) is -0.750. The lowest BCUT2D eigenvalue weighted by atomic mass is 10.1. The Labute approximate surface area is 156 Å². The van der Waals surface area contributed by atoms with Crippen molar-refractivity contribution in [2.75, 3.05) is 18.5 Å². The molecule has 0 aliphatic heterocycles. The topological polar surface area (TPSA) is 108 Å². The fourth-order valence-corrected chi connectivity index (χ4v) is 2.39. The maximum absolute atomic E-state index is 11.9. The molecule has 27 heavy (non-hydrogen) atoms. The Balaban J connectivity index is 1.83. The molecule has 0 radical (unpaired) electrons. The Kier molecular flexibility index (Phi) is 6.48. The molecule has 2 aromatic rings. The maximum Gasteiger partial charge on any atom is 0.344 e. The number of ether oxygens (including phenoxy) is 2. The van der Waals surface area contributed by atoms with Crippen molar-refractivity contribution in [3.8, 4) is 5.75 Å². The van der Waals surface area contributed by atoms with Gasteiger partial charge in [-0.3, -0.25) is 14.9 Å². The van der Waals surface area contributed by atoms with Crippen LogP contribution in [0.1, 0.15) is 16.7 Å². The lowest BCUT2D eigenvalue weighted by Gasteiger charge is -2.10. The van der Waals surface area contributed by atoms with Crippen LogP contribution in [0.5, 0.6) is 5.75 Å². The van der Waals surface area contributed by atoms with E-state index in [2.05, 4.69) is 5.32 Å². The first kappa shape index (κ1) is 19.9. The summed E-state index contributed by atoms with van der Waals surface area (Å²) in [4.78, 5) is 33.9. The maximum atomic E-state index is 11.9. The fraction of sp³-hybridized carbons (Fsp3) is 0.263. The smallest absolute Gasteiger partial charge is 0.344 e. The molecule has 1 amide bonds. The molecule has 0 spiro atoms. The molecule has 2 rings (SSSR count). The molecule has 2 aromatic carbocycles. The molecule has 0 bridgehead atoms. The predicted octanol–water partition coefficient (Wildman–Crippen LogP) is 3.08. The Hall–Kier alpha value is -3.42. The van der Waals surface area contributed by atoms with Crippen molar-refractivity contribution >= 4 is 23.3 Å². The van der Waals surface area contributed by atoms with Crippen molar-refractivity contribution in [3.05, 3.63) is 63.2 Å². The first-order chi connectivity index (χ1) is 12.7. The highest BCUT2D eigenvalue weighted by molar-refractivity contribution is 5.93. The number of carbonyl (C=O) groups excluding carboxylic acids is 2. The lowest BCUT2D eigenvalue weighted by molar-refractivity contribution is -0.384. The molecule has 0 atom stereocenters. The van der Waals surface area contributed by atoms with Crippen LogP contribution in [0.15, 0.2) is 36.4 Å². The second kappa shape index (κ2) is 8.79. The van der Waals surface area contributed by atoms with E-state index in [9.17, 15) is 19.7 Å². The van der Waals surface area contributed by atoms with E-state index >= 15 is 0 Å².